The molecule has 0 aliphatic heterocycles. The minimum atomic E-state index is -0.358. The van der Waals surface area contributed by atoms with Crippen LogP contribution >= 0.6 is 0 Å². The van der Waals surface area contributed by atoms with Gasteiger partial charge in [-0.25, -0.2) is 4.79 Å². The lowest BCUT2D eigenvalue weighted by molar-refractivity contribution is -0.0468. The standard InChI is InChI=1S/C47H92N2O4/c1-5-9-11-13-15-17-19-21-23-25-27-29-31-33-35-37-42-51-44-46(45-53-47(50)48-40-39-41-49(7-3)8-4)52-43-38-36-34-32-30-28-26-24-22-20-18-16-14-12-10-6-2/h21-24,46H,5-20,25-45H2,1-4H3,(H,48,50)/b23-21-,24-22-. The maximum Gasteiger partial charge on any atom is 0.407 e. The number of hydrogen-bond donors (Lipinski definition) is 1. The van der Waals surface area contributed by atoms with Crippen molar-refractivity contribution in [1.29, 1.82) is 0 Å². The maximum absolute atomic E-state index is 12.4. The quantitative estimate of drug-likeness (QED) is 0.0497. The highest BCUT2D eigenvalue weighted by Crippen LogP contribution is 2.12. The average molecular weight is 749 g/mol. The molecule has 0 rings (SSSR count). The van der Waals surface area contributed by atoms with Crippen molar-refractivity contribution < 1.29 is 19.0 Å². The molecule has 0 saturated heterocycles. The van der Waals surface area contributed by atoms with Crippen molar-refractivity contribution in [2.45, 2.75) is 220 Å². The molecular weight excluding hydrogens is 657 g/mol. The molecule has 0 radical (unpaired) electrons. The van der Waals surface area contributed by atoms with E-state index in [4.69, 9.17) is 14.2 Å². The molecule has 0 fully saturated rings. The largest absolute Gasteiger partial charge is 0.447 e. The number of hydrogen-bond acceptors (Lipinski definition) is 5. The van der Waals surface area contributed by atoms with Crippen LogP contribution < -0.4 is 5.32 Å². The highest BCUT2D eigenvalue weighted by molar-refractivity contribution is 5.67. The van der Waals surface area contributed by atoms with Gasteiger partial charge in [0.15, 0.2) is 0 Å². The summed E-state index contributed by atoms with van der Waals surface area (Å²) in [4.78, 5) is 14.7. The third-order valence-corrected chi connectivity index (χ3v) is 10.3. The summed E-state index contributed by atoms with van der Waals surface area (Å²) in [5.41, 5.74) is 0. The van der Waals surface area contributed by atoms with Crippen molar-refractivity contribution in [3.8, 4) is 0 Å². The zero-order valence-electron chi connectivity index (χ0n) is 36.1. The van der Waals surface area contributed by atoms with Crippen molar-refractivity contribution in [2.24, 2.45) is 0 Å². The molecule has 6 heteroatoms. The molecule has 1 unspecified atom stereocenters. The van der Waals surface area contributed by atoms with Crippen LogP contribution in [0, 0.1) is 0 Å². The van der Waals surface area contributed by atoms with Crippen LogP contribution in [0.25, 0.3) is 0 Å². The Morgan fingerprint density at radius 1 is 0.509 bits per heavy atom. The van der Waals surface area contributed by atoms with Crippen LogP contribution in [-0.2, 0) is 14.2 Å². The Bertz CT molecular complexity index is 770. The predicted octanol–water partition coefficient (Wildman–Crippen LogP) is 13.9. The van der Waals surface area contributed by atoms with E-state index in [0.29, 0.717) is 19.8 Å². The Balaban J connectivity index is 4.08. The second-order valence-corrected chi connectivity index (χ2v) is 15.3. The summed E-state index contributed by atoms with van der Waals surface area (Å²) in [5.74, 6) is 0. The van der Waals surface area contributed by atoms with Gasteiger partial charge in [-0.15, -0.1) is 0 Å². The molecule has 314 valence electrons. The fourth-order valence-corrected chi connectivity index (χ4v) is 6.66. The number of nitrogens with one attached hydrogen (secondary N) is 1. The van der Waals surface area contributed by atoms with Crippen LogP contribution in [0.4, 0.5) is 4.79 Å². The summed E-state index contributed by atoms with van der Waals surface area (Å²) in [7, 11) is 0. The first kappa shape index (κ1) is 51.6. The van der Waals surface area contributed by atoms with Crippen molar-refractivity contribution in [2.75, 3.05) is 52.6 Å². The minimum Gasteiger partial charge on any atom is -0.447 e. The van der Waals surface area contributed by atoms with Crippen molar-refractivity contribution in [3.63, 3.8) is 0 Å². The molecule has 1 N–H and O–H groups in total. The Hall–Kier alpha value is -1.37. The van der Waals surface area contributed by atoms with E-state index in [-0.39, 0.29) is 18.8 Å². The lowest BCUT2D eigenvalue weighted by atomic mass is 10.1. The zero-order valence-corrected chi connectivity index (χ0v) is 36.1. The molecule has 6 nitrogen and oxygen atoms in total. The van der Waals surface area contributed by atoms with Gasteiger partial charge in [0.1, 0.15) is 12.7 Å². The fraction of sp³-hybridized carbons (Fsp3) is 0.894. The van der Waals surface area contributed by atoms with E-state index in [1.807, 2.05) is 0 Å². The molecule has 0 saturated carbocycles. The highest BCUT2D eigenvalue weighted by Gasteiger charge is 2.13. The van der Waals surface area contributed by atoms with Gasteiger partial charge in [0.2, 0.25) is 0 Å². The Morgan fingerprint density at radius 2 is 0.925 bits per heavy atom. The van der Waals surface area contributed by atoms with Gasteiger partial charge in [0.05, 0.1) is 6.61 Å². The summed E-state index contributed by atoms with van der Waals surface area (Å²) >= 11 is 0. The van der Waals surface area contributed by atoms with Crippen molar-refractivity contribution in [3.05, 3.63) is 24.3 Å². The van der Waals surface area contributed by atoms with E-state index in [1.54, 1.807) is 0 Å². The van der Waals surface area contributed by atoms with Gasteiger partial charge in [-0.05, 0) is 90.3 Å². The third-order valence-electron chi connectivity index (χ3n) is 10.3. The molecule has 0 aliphatic carbocycles. The van der Waals surface area contributed by atoms with Gasteiger partial charge >= 0.3 is 6.09 Å². The first-order valence-electron chi connectivity index (χ1n) is 23.3. The summed E-state index contributed by atoms with van der Waals surface area (Å²) in [5, 5.41) is 2.90. The smallest absolute Gasteiger partial charge is 0.407 e. The fourth-order valence-electron chi connectivity index (χ4n) is 6.66. The molecule has 0 aromatic heterocycles. The van der Waals surface area contributed by atoms with Gasteiger partial charge in [-0.1, -0.05) is 168 Å². The van der Waals surface area contributed by atoms with Crippen LogP contribution in [0.15, 0.2) is 24.3 Å². The van der Waals surface area contributed by atoms with Gasteiger partial charge in [-0.2, -0.15) is 0 Å². The van der Waals surface area contributed by atoms with E-state index < -0.39 is 0 Å². The zero-order chi connectivity index (χ0) is 38.6. The second-order valence-electron chi connectivity index (χ2n) is 15.3. The maximum atomic E-state index is 12.4. The lowest BCUT2D eigenvalue weighted by Crippen LogP contribution is -2.33. The van der Waals surface area contributed by atoms with E-state index in [9.17, 15) is 4.79 Å². The number of allylic oxidation sites excluding steroid dienone is 4. The van der Waals surface area contributed by atoms with E-state index >= 15 is 0 Å². The summed E-state index contributed by atoms with van der Waals surface area (Å²) in [6, 6.07) is 0. The Morgan fingerprint density at radius 3 is 1.38 bits per heavy atom. The molecule has 0 bridgehead atoms. The molecule has 1 atom stereocenters. The number of carbonyl (C=O) groups is 1. The van der Waals surface area contributed by atoms with Gasteiger partial charge in [-0.3, -0.25) is 0 Å². The Labute approximate surface area is 331 Å². The molecule has 0 aromatic rings. The SMILES string of the molecule is CCCCCCCC/C=C\CCCCCCCCOCC(COC(=O)NCCCN(CC)CC)OCCCCCCCC/C=C\CCCCCCCC. The lowest BCUT2D eigenvalue weighted by Gasteiger charge is -2.19. The van der Waals surface area contributed by atoms with Crippen LogP contribution in [0.3, 0.4) is 0 Å². The van der Waals surface area contributed by atoms with Crippen LogP contribution in [0.1, 0.15) is 214 Å². The third kappa shape index (κ3) is 41.6. The topological polar surface area (TPSA) is 60.0 Å². The molecular formula is C47H92N2O4. The molecule has 0 spiro atoms. The number of carbonyl (C=O) groups excluding carboxylic acids is 1. The minimum absolute atomic E-state index is 0.214. The molecule has 53 heavy (non-hydrogen) atoms. The first-order chi connectivity index (χ1) is 26.2. The number of ether oxygens (including phenoxy) is 3. The normalized spacial score (nSPS) is 12.5. The van der Waals surface area contributed by atoms with E-state index in [2.05, 4.69) is 62.2 Å². The number of nitrogens with zero attached hydrogens (tertiary/aromatic N) is 1. The summed E-state index contributed by atoms with van der Waals surface area (Å²) in [6.45, 7) is 14.7. The number of rotatable bonds is 43. The monoisotopic (exact) mass is 749 g/mol. The number of unbranched alkanes of at least 4 members (excludes halogenated alkanes) is 24. The first-order valence-corrected chi connectivity index (χ1v) is 23.3. The average Bonchev–Trinajstić information content (AvgIpc) is 3.17. The van der Waals surface area contributed by atoms with Gasteiger partial charge < -0.3 is 24.4 Å². The molecule has 0 aliphatic rings. The number of alkyl carbamates (subject to hydrolysis) is 1. The number of amides is 1. The van der Waals surface area contributed by atoms with Crippen molar-refractivity contribution in [1.82, 2.24) is 10.2 Å². The van der Waals surface area contributed by atoms with Gasteiger partial charge in [0, 0.05) is 19.8 Å². The van der Waals surface area contributed by atoms with Crippen LogP contribution in [-0.4, -0.2) is 69.7 Å². The second kappa shape index (κ2) is 45.0. The highest BCUT2D eigenvalue weighted by atomic mass is 16.6. The van der Waals surface area contributed by atoms with Crippen LogP contribution in [0.5, 0.6) is 0 Å². The van der Waals surface area contributed by atoms with E-state index in [1.165, 1.54) is 167 Å². The van der Waals surface area contributed by atoms with Crippen LogP contribution in [0.2, 0.25) is 0 Å². The van der Waals surface area contributed by atoms with Gasteiger partial charge in [0.25, 0.3) is 0 Å². The molecule has 0 heterocycles. The van der Waals surface area contributed by atoms with Crippen molar-refractivity contribution >= 4 is 6.09 Å². The molecule has 0 aromatic carbocycles. The molecule has 1 amide bonds. The predicted molar refractivity (Wildman–Crippen MR) is 231 cm³/mol. The summed E-state index contributed by atoms with van der Waals surface area (Å²) in [6.07, 6.45) is 46.4. The van der Waals surface area contributed by atoms with E-state index in [0.717, 1.165) is 45.5 Å². The Kier molecular flexibility index (Phi) is 43.9. The summed E-state index contributed by atoms with van der Waals surface area (Å²) < 4.78 is 17.8.